The standard InChI is InChI=1S/C11H17N5/c1-2-3-6-15(9-12)7-4-5-8-16(10-13)11-14/h2-8H2,1H3. The van der Waals surface area contributed by atoms with Crippen LogP contribution in [0.3, 0.4) is 0 Å². The second-order valence-corrected chi connectivity index (χ2v) is 3.50. The molecule has 0 spiro atoms. The Morgan fingerprint density at radius 1 is 0.812 bits per heavy atom. The van der Waals surface area contributed by atoms with Gasteiger partial charge in [0.25, 0.3) is 0 Å². The molecular weight excluding hydrogens is 202 g/mol. The summed E-state index contributed by atoms with van der Waals surface area (Å²) in [6.45, 7) is 4.04. The lowest BCUT2D eigenvalue weighted by molar-refractivity contribution is 0.363. The number of nitriles is 3. The van der Waals surface area contributed by atoms with Gasteiger partial charge in [0.2, 0.25) is 0 Å². The highest BCUT2D eigenvalue weighted by atomic mass is 15.1. The van der Waals surface area contributed by atoms with Crippen LogP contribution in [0, 0.1) is 34.4 Å². The summed E-state index contributed by atoms with van der Waals surface area (Å²) in [7, 11) is 0. The van der Waals surface area contributed by atoms with E-state index >= 15 is 0 Å². The Hall–Kier alpha value is -1.93. The molecule has 0 radical (unpaired) electrons. The second-order valence-electron chi connectivity index (χ2n) is 3.50. The Morgan fingerprint density at radius 2 is 1.38 bits per heavy atom. The van der Waals surface area contributed by atoms with Crippen LogP contribution in [0.15, 0.2) is 0 Å². The minimum atomic E-state index is 0.444. The molecule has 0 rings (SSSR count). The van der Waals surface area contributed by atoms with Crippen molar-refractivity contribution in [2.75, 3.05) is 19.6 Å². The number of hydrogen-bond donors (Lipinski definition) is 0. The number of rotatable bonds is 8. The van der Waals surface area contributed by atoms with Crippen LogP contribution in [0.4, 0.5) is 0 Å². The third-order valence-corrected chi connectivity index (χ3v) is 2.22. The molecule has 0 saturated heterocycles. The summed E-state index contributed by atoms with van der Waals surface area (Å²) in [5.74, 6) is 0. The third kappa shape index (κ3) is 6.51. The van der Waals surface area contributed by atoms with Crippen molar-refractivity contribution < 1.29 is 0 Å². The highest BCUT2D eigenvalue weighted by molar-refractivity contribution is 4.85. The van der Waals surface area contributed by atoms with Gasteiger partial charge in [0.05, 0.1) is 0 Å². The summed E-state index contributed by atoms with van der Waals surface area (Å²) in [4.78, 5) is 2.77. The van der Waals surface area contributed by atoms with E-state index in [9.17, 15) is 0 Å². The minimum Gasteiger partial charge on any atom is -0.311 e. The van der Waals surface area contributed by atoms with Crippen molar-refractivity contribution in [1.29, 1.82) is 15.8 Å². The molecule has 0 N–H and O–H groups in total. The van der Waals surface area contributed by atoms with Gasteiger partial charge in [-0.15, -0.1) is 0 Å². The largest absolute Gasteiger partial charge is 0.311 e. The summed E-state index contributed by atoms with van der Waals surface area (Å²) in [5.41, 5.74) is 0. The molecule has 0 amide bonds. The highest BCUT2D eigenvalue weighted by Gasteiger charge is 2.02. The first-order chi connectivity index (χ1) is 7.78. The van der Waals surface area contributed by atoms with Gasteiger partial charge in [0.1, 0.15) is 0 Å². The lowest BCUT2D eigenvalue weighted by atomic mass is 10.2. The average molecular weight is 219 g/mol. The third-order valence-electron chi connectivity index (χ3n) is 2.22. The molecular formula is C11H17N5. The zero-order valence-electron chi connectivity index (χ0n) is 9.69. The normalized spacial score (nSPS) is 8.62. The Bertz CT molecular complexity index is 279. The molecule has 0 aromatic rings. The fourth-order valence-corrected chi connectivity index (χ4v) is 1.26. The van der Waals surface area contributed by atoms with Crippen molar-refractivity contribution in [2.45, 2.75) is 32.6 Å². The summed E-state index contributed by atoms with van der Waals surface area (Å²) in [6, 6.07) is 0. The molecule has 0 aliphatic carbocycles. The Balaban J connectivity index is 3.61. The van der Waals surface area contributed by atoms with E-state index in [1.54, 1.807) is 17.3 Å². The van der Waals surface area contributed by atoms with Crippen LogP contribution < -0.4 is 0 Å². The fourth-order valence-electron chi connectivity index (χ4n) is 1.26. The molecule has 86 valence electrons. The maximum Gasteiger partial charge on any atom is 0.193 e. The van der Waals surface area contributed by atoms with Gasteiger partial charge in [-0.05, 0) is 19.3 Å². The van der Waals surface area contributed by atoms with Crippen LogP contribution in [0.2, 0.25) is 0 Å². The first kappa shape index (κ1) is 14.1. The minimum absolute atomic E-state index is 0.444. The average Bonchev–Trinajstić information content (AvgIpc) is 2.33. The van der Waals surface area contributed by atoms with E-state index in [4.69, 9.17) is 15.8 Å². The molecule has 0 aromatic heterocycles. The molecule has 0 aromatic carbocycles. The van der Waals surface area contributed by atoms with E-state index in [1.807, 2.05) is 0 Å². The monoisotopic (exact) mass is 219 g/mol. The van der Waals surface area contributed by atoms with Gasteiger partial charge in [-0.3, -0.25) is 0 Å². The van der Waals surface area contributed by atoms with E-state index in [1.165, 1.54) is 0 Å². The Kier molecular flexibility index (Phi) is 8.46. The van der Waals surface area contributed by atoms with E-state index < -0.39 is 0 Å². The predicted octanol–water partition coefficient (Wildman–Crippen LogP) is 1.61. The van der Waals surface area contributed by atoms with Gasteiger partial charge in [0, 0.05) is 19.6 Å². The molecule has 5 nitrogen and oxygen atoms in total. The van der Waals surface area contributed by atoms with Crippen LogP contribution in [-0.2, 0) is 0 Å². The molecule has 0 aliphatic heterocycles. The van der Waals surface area contributed by atoms with Crippen molar-refractivity contribution in [3.63, 3.8) is 0 Å². The van der Waals surface area contributed by atoms with Crippen LogP contribution in [0.1, 0.15) is 32.6 Å². The van der Waals surface area contributed by atoms with E-state index in [0.717, 1.165) is 37.1 Å². The lowest BCUT2D eigenvalue weighted by Gasteiger charge is -2.14. The van der Waals surface area contributed by atoms with Crippen LogP contribution in [0.25, 0.3) is 0 Å². The van der Waals surface area contributed by atoms with E-state index in [2.05, 4.69) is 13.1 Å². The first-order valence-electron chi connectivity index (χ1n) is 5.50. The fraction of sp³-hybridized carbons (Fsp3) is 0.727. The van der Waals surface area contributed by atoms with Gasteiger partial charge < -0.3 is 4.90 Å². The van der Waals surface area contributed by atoms with Crippen molar-refractivity contribution >= 4 is 0 Å². The summed E-state index contributed by atoms with van der Waals surface area (Å²) >= 11 is 0. The van der Waals surface area contributed by atoms with Gasteiger partial charge in [-0.2, -0.15) is 15.8 Å². The van der Waals surface area contributed by atoms with Gasteiger partial charge in [0.15, 0.2) is 18.6 Å². The number of unbranched alkanes of at least 4 members (excludes halogenated alkanes) is 2. The van der Waals surface area contributed by atoms with Crippen LogP contribution in [-0.4, -0.2) is 29.4 Å². The lowest BCUT2D eigenvalue weighted by Crippen LogP contribution is -2.21. The van der Waals surface area contributed by atoms with Gasteiger partial charge in [-0.25, -0.2) is 4.90 Å². The van der Waals surface area contributed by atoms with Crippen molar-refractivity contribution in [3.8, 4) is 18.6 Å². The number of nitrogens with zero attached hydrogens (tertiary/aromatic N) is 5. The SMILES string of the molecule is CCCCN(C#N)CCCCN(C#N)C#N. The molecule has 0 unspecified atom stereocenters. The molecule has 0 atom stereocenters. The Labute approximate surface area is 97.1 Å². The van der Waals surface area contributed by atoms with Gasteiger partial charge in [-0.1, -0.05) is 13.3 Å². The van der Waals surface area contributed by atoms with Crippen molar-refractivity contribution in [1.82, 2.24) is 9.80 Å². The topological polar surface area (TPSA) is 77.8 Å². The smallest absolute Gasteiger partial charge is 0.193 e. The first-order valence-corrected chi connectivity index (χ1v) is 5.50. The van der Waals surface area contributed by atoms with E-state index in [-0.39, 0.29) is 0 Å². The highest BCUT2D eigenvalue weighted by Crippen LogP contribution is 1.99. The second kappa shape index (κ2) is 9.62. The molecule has 0 saturated carbocycles. The molecule has 5 heteroatoms. The summed E-state index contributed by atoms with van der Waals surface area (Å²) in [5, 5.41) is 25.8. The quantitative estimate of drug-likeness (QED) is 0.352. The molecule has 0 fully saturated rings. The van der Waals surface area contributed by atoms with E-state index in [0.29, 0.717) is 13.1 Å². The predicted molar refractivity (Wildman–Crippen MR) is 59.3 cm³/mol. The van der Waals surface area contributed by atoms with Crippen LogP contribution >= 0.6 is 0 Å². The summed E-state index contributed by atoms with van der Waals surface area (Å²) in [6.07, 6.45) is 9.39. The number of hydrogen-bond acceptors (Lipinski definition) is 5. The van der Waals surface area contributed by atoms with Crippen molar-refractivity contribution in [2.24, 2.45) is 0 Å². The Morgan fingerprint density at radius 3 is 1.88 bits per heavy atom. The zero-order chi connectivity index (χ0) is 12.2. The molecule has 16 heavy (non-hydrogen) atoms. The molecule has 0 bridgehead atoms. The van der Waals surface area contributed by atoms with Gasteiger partial charge >= 0.3 is 0 Å². The summed E-state index contributed by atoms with van der Waals surface area (Å²) < 4.78 is 0. The maximum absolute atomic E-state index is 8.81. The molecule has 0 heterocycles. The maximum atomic E-state index is 8.81. The van der Waals surface area contributed by atoms with Crippen molar-refractivity contribution in [3.05, 3.63) is 0 Å². The molecule has 0 aliphatic rings. The zero-order valence-corrected chi connectivity index (χ0v) is 9.69. The van der Waals surface area contributed by atoms with Crippen LogP contribution in [0.5, 0.6) is 0 Å².